The van der Waals surface area contributed by atoms with E-state index in [0.29, 0.717) is 19.0 Å². The third kappa shape index (κ3) is 4.09. The van der Waals surface area contributed by atoms with E-state index in [1.165, 1.54) is 23.1 Å². The molecule has 0 heterocycles. The van der Waals surface area contributed by atoms with Crippen LogP contribution in [-0.2, 0) is 19.5 Å². The van der Waals surface area contributed by atoms with E-state index in [-0.39, 0.29) is 5.91 Å². The second-order valence-electron chi connectivity index (χ2n) is 6.72. The van der Waals surface area contributed by atoms with E-state index in [9.17, 15) is 4.79 Å². The van der Waals surface area contributed by atoms with Crippen LogP contribution < -0.4 is 16.4 Å². The molecular formula is C21H27N3O. The van der Waals surface area contributed by atoms with Crippen LogP contribution in [0.1, 0.15) is 51.4 Å². The zero-order valence-electron chi connectivity index (χ0n) is 14.8. The molecule has 4 N–H and O–H groups in total. The fraction of sp³-hybridized carbons (Fsp3) is 0.381. The minimum Gasteiger partial charge on any atom is -0.348 e. The van der Waals surface area contributed by atoms with E-state index < -0.39 is 0 Å². The van der Waals surface area contributed by atoms with Gasteiger partial charge in [0.15, 0.2) is 0 Å². The number of carbonyl (C=O) groups excluding carboxylic acids is 1. The summed E-state index contributed by atoms with van der Waals surface area (Å²) >= 11 is 0. The molecule has 0 bridgehead atoms. The largest absolute Gasteiger partial charge is 0.348 e. The summed E-state index contributed by atoms with van der Waals surface area (Å²) in [6.07, 6.45) is 3.39. The zero-order valence-corrected chi connectivity index (χ0v) is 14.8. The maximum Gasteiger partial charge on any atom is 0.251 e. The Morgan fingerprint density at radius 3 is 2.64 bits per heavy atom. The molecule has 132 valence electrons. The molecule has 0 spiro atoms. The van der Waals surface area contributed by atoms with E-state index >= 15 is 0 Å². The lowest BCUT2D eigenvalue weighted by Gasteiger charge is -2.24. The van der Waals surface area contributed by atoms with Crippen molar-refractivity contribution in [2.45, 2.75) is 38.3 Å². The van der Waals surface area contributed by atoms with Crippen LogP contribution in [0, 0.1) is 0 Å². The molecule has 3 rings (SSSR count). The van der Waals surface area contributed by atoms with Gasteiger partial charge in [-0.05, 0) is 73.2 Å². The fourth-order valence-corrected chi connectivity index (χ4v) is 3.65. The molecule has 0 saturated heterocycles. The van der Waals surface area contributed by atoms with Gasteiger partial charge in [-0.15, -0.1) is 0 Å². The number of nitrogens with one attached hydrogen (secondary N) is 2. The second-order valence-corrected chi connectivity index (χ2v) is 6.72. The van der Waals surface area contributed by atoms with E-state index in [2.05, 4.69) is 28.8 Å². The molecule has 1 amide bonds. The molecule has 4 nitrogen and oxygen atoms in total. The highest BCUT2D eigenvalue weighted by Crippen LogP contribution is 2.31. The standard InChI is InChI=1S/C21H27N3O/c1-23-13-18-5-2-3-6-19(18)14-24-21(25)16-10-9-15-7-4-8-17(12-22)20(15)11-16/h2-3,5-6,9-11,17,23H,4,7-8,12-14,22H2,1H3,(H,24,25). The lowest BCUT2D eigenvalue weighted by molar-refractivity contribution is 0.0950. The lowest BCUT2D eigenvalue weighted by atomic mass is 9.82. The molecular weight excluding hydrogens is 310 g/mol. The number of amides is 1. The molecule has 0 radical (unpaired) electrons. The molecule has 25 heavy (non-hydrogen) atoms. The Balaban J connectivity index is 1.72. The SMILES string of the molecule is CNCc1ccccc1CNC(=O)c1ccc2c(c1)C(CN)CCC2. The van der Waals surface area contributed by atoms with E-state index in [4.69, 9.17) is 5.73 Å². The molecule has 1 unspecified atom stereocenters. The topological polar surface area (TPSA) is 67.1 Å². The minimum atomic E-state index is -0.0246. The third-order valence-electron chi connectivity index (χ3n) is 5.06. The summed E-state index contributed by atoms with van der Waals surface area (Å²) in [5.41, 5.74) is 11.6. The molecule has 1 atom stereocenters. The monoisotopic (exact) mass is 337 g/mol. The van der Waals surface area contributed by atoms with Gasteiger partial charge < -0.3 is 16.4 Å². The van der Waals surface area contributed by atoms with Crippen molar-refractivity contribution < 1.29 is 4.79 Å². The van der Waals surface area contributed by atoms with Gasteiger partial charge in [0, 0.05) is 18.7 Å². The number of aryl methyl sites for hydroxylation is 1. The van der Waals surface area contributed by atoms with Crippen molar-refractivity contribution in [1.82, 2.24) is 10.6 Å². The van der Waals surface area contributed by atoms with Gasteiger partial charge in [-0.1, -0.05) is 30.3 Å². The van der Waals surface area contributed by atoms with Gasteiger partial charge in [-0.2, -0.15) is 0 Å². The van der Waals surface area contributed by atoms with E-state index in [1.807, 2.05) is 31.3 Å². The first-order valence-corrected chi connectivity index (χ1v) is 9.05. The Bertz CT molecular complexity index is 742. The Hall–Kier alpha value is -2.17. The molecule has 1 aliphatic carbocycles. The van der Waals surface area contributed by atoms with Gasteiger partial charge in [0.1, 0.15) is 0 Å². The van der Waals surface area contributed by atoms with E-state index in [1.54, 1.807) is 0 Å². The summed E-state index contributed by atoms with van der Waals surface area (Å²) in [5.74, 6) is 0.358. The molecule has 4 heteroatoms. The number of hydrogen-bond acceptors (Lipinski definition) is 3. The summed E-state index contributed by atoms with van der Waals surface area (Å²) in [7, 11) is 1.93. The van der Waals surface area contributed by atoms with Gasteiger partial charge in [0.25, 0.3) is 5.91 Å². The number of nitrogens with two attached hydrogens (primary N) is 1. The van der Waals surface area contributed by atoms with E-state index in [0.717, 1.165) is 30.5 Å². The van der Waals surface area contributed by atoms with Crippen LogP contribution in [0.25, 0.3) is 0 Å². The van der Waals surface area contributed by atoms with Crippen molar-refractivity contribution in [3.63, 3.8) is 0 Å². The van der Waals surface area contributed by atoms with Gasteiger partial charge in [-0.25, -0.2) is 0 Å². The highest BCUT2D eigenvalue weighted by atomic mass is 16.1. The predicted molar refractivity (Wildman–Crippen MR) is 102 cm³/mol. The number of hydrogen-bond donors (Lipinski definition) is 3. The summed E-state index contributed by atoms with van der Waals surface area (Å²) in [4.78, 5) is 12.6. The van der Waals surface area contributed by atoms with Crippen LogP contribution in [0.15, 0.2) is 42.5 Å². The molecule has 1 aliphatic rings. The van der Waals surface area contributed by atoms with Crippen molar-refractivity contribution in [3.8, 4) is 0 Å². The zero-order chi connectivity index (χ0) is 17.6. The molecule has 0 fully saturated rings. The van der Waals surface area contributed by atoms with Crippen LogP contribution in [0.3, 0.4) is 0 Å². The minimum absolute atomic E-state index is 0.0246. The number of carbonyl (C=O) groups is 1. The first kappa shape index (κ1) is 17.6. The fourth-order valence-electron chi connectivity index (χ4n) is 3.65. The van der Waals surface area contributed by atoms with Gasteiger partial charge in [0.05, 0.1) is 0 Å². The Kier molecular flexibility index (Phi) is 5.84. The lowest BCUT2D eigenvalue weighted by Crippen LogP contribution is -2.25. The van der Waals surface area contributed by atoms with Gasteiger partial charge in [-0.3, -0.25) is 4.79 Å². The molecule has 2 aromatic carbocycles. The highest BCUT2D eigenvalue weighted by Gasteiger charge is 2.20. The first-order valence-electron chi connectivity index (χ1n) is 9.05. The Morgan fingerprint density at radius 1 is 1.16 bits per heavy atom. The van der Waals surface area contributed by atoms with Crippen molar-refractivity contribution in [2.75, 3.05) is 13.6 Å². The van der Waals surface area contributed by atoms with Crippen LogP contribution in [0.2, 0.25) is 0 Å². The van der Waals surface area contributed by atoms with Crippen molar-refractivity contribution in [1.29, 1.82) is 0 Å². The summed E-state index contributed by atoms with van der Waals surface area (Å²) in [6, 6.07) is 14.3. The highest BCUT2D eigenvalue weighted by molar-refractivity contribution is 5.94. The van der Waals surface area contributed by atoms with Crippen LogP contribution in [-0.4, -0.2) is 19.5 Å². The average Bonchev–Trinajstić information content (AvgIpc) is 2.66. The normalized spacial score (nSPS) is 16.3. The van der Waals surface area contributed by atoms with Gasteiger partial charge >= 0.3 is 0 Å². The molecule has 0 aromatic heterocycles. The molecule has 0 aliphatic heterocycles. The average molecular weight is 337 g/mol. The number of rotatable bonds is 6. The molecule has 2 aromatic rings. The van der Waals surface area contributed by atoms with Crippen molar-refractivity contribution in [2.24, 2.45) is 5.73 Å². The summed E-state index contributed by atoms with van der Waals surface area (Å²) in [5, 5.41) is 6.22. The van der Waals surface area contributed by atoms with Crippen molar-refractivity contribution in [3.05, 3.63) is 70.3 Å². The maximum absolute atomic E-state index is 12.6. The van der Waals surface area contributed by atoms with Gasteiger partial charge in [0.2, 0.25) is 0 Å². The predicted octanol–water partition coefficient (Wildman–Crippen LogP) is 2.71. The smallest absolute Gasteiger partial charge is 0.251 e. The number of benzene rings is 2. The summed E-state index contributed by atoms with van der Waals surface area (Å²) in [6.45, 7) is 1.98. The van der Waals surface area contributed by atoms with Crippen LogP contribution >= 0.6 is 0 Å². The van der Waals surface area contributed by atoms with Crippen molar-refractivity contribution >= 4 is 5.91 Å². The number of fused-ring (bicyclic) bond motifs is 1. The quantitative estimate of drug-likeness (QED) is 0.759. The maximum atomic E-state index is 12.6. The third-order valence-corrected chi connectivity index (χ3v) is 5.06. The first-order chi connectivity index (χ1) is 12.2. The van der Waals surface area contributed by atoms with Crippen LogP contribution in [0.5, 0.6) is 0 Å². The Labute approximate surface area is 149 Å². The van der Waals surface area contributed by atoms with Crippen LogP contribution in [0.4, 0.5) is 0 Å². The summed E-state index contributed by atoms with van der Waals surface area (Å²) < 4.78 is 0. The second kappa shape index (κ2) is 8.28. The Morgan fingerprint density at radius 2 is 1.92 bits per heavy atom. The molecule has 0 saturated carbocycles.